The van der Waals surface area contributed by atoms with Crippen molar-refractivity contribution in [3.05, 3.63) is 54.7 Å². The molecule has 0 saturated carbocycles. The Hall–Kier alpha value is -2.20. The molecule has 1 aromatic carbocycles. The van der Waals surface area contributed by atoms with Crippen LogP contribution in [0, 0.1) is 0 Å². The fraction of sp³-hybridized carbons (Fsp3) is 0.250. The molecule has 0 atom stereocenters. The number of carbonyl (C=O) groups is 1. The fourth-order valence-electron chi connectivity index (χ4n) is 1.93. The minimum atomic E-state index is 0.865. The predicted molar refractivity (Wildman–Crippen MR) is 80.2 cm³/mol. The maximum atomic E-state index is 10.1. The van der Waals surface area contributed by atoms with Crippen molar-refractivity contribution in [2.45, 2.75) is 0 Å². The molecule has 0 aliphatic carbocycles. The molecule has 104 valence electrons. The topological polar surface area (TPSA) is 45.2 Å². The Morgan fingerprint density at radius 3 is 2.25 bits per heavy atom. The van der Waals surface area contributed by atoms with E-state index in [1.807, 2.05) is 42.6 Å². The second kappa shape index (κ2) is 8.07. The van der Waals surface area contributed by atoms with Gasteiger partial charge in [0.1, 0.15) is 0 Å². The number of pyridine rings is 1. The van der Waals surface area contributed by atoms with Gasteiger partial charge < -0.3 is 10.2 Å². The molecule has 3 rings (SSSR count). The summed E-state index contributed by atoms with van der Waals surface area (Å²) in [5.74, 6) is 0. The Labute approximate surface area is 119 Å². The van der Waals surface area contributed by atoms with Gasteiger partial charge in [-0.15, -0.1) is 0 Å². The quantitative estimate of drug-likeness (QED) is 0.846. The third-order valence-electron chi connectivity index (χ3n) is 3.04. The van der Waals surface area contributed by atoms with Gasteiger partial charge in [-0.25, -0.2) is 0 Å². The first-order valence-electron chi connectivity index (χ1n) is 6.76. The molecule has 1 N–H and O–H groups in total. The van der Waals surface area contributed by atoms with E-state index in [0.29, 0.717) is 0 Å². The summed E-state index contributed by atoms with van der Waals surface area (Å²) in [5, 5.41) is 3.15. The van der Waals surface area contributed by atoms with Gasteiger partial charge in [-0.2, -0.15) is 0 Å². The van der Waals surface area contributed by atoms with Crippen molar-refractivity contribution in [3.63, 3.8) is 0 Å². The highest BCUT2D eigenvalue weighted by atomic mass is 16.1. The Morgan fingerprint density at radius 2 is 1.70 bits per heavy atom. The lowest BCUT2D eigenvalue weighted by Crippen LogP contribution is -2.42. The summed E-state index contributed by atoms with van der Waals surface area (Å²) in [5.41, 5.74) is 2.19. The van der Waals surface area contributed by atoms with Crippen molar-refractivity contribution in [2.24, 2.45) is 0 Å². The lowest BCUT2D eigenvalue weighted by atomic mass is 10.1. The van der Waals surface area contributed by atoms with Crippen LogP contribution in [0.5, 0.6) is 0 Å². The van der Waals surface area contributed by atoms with E-state index in [4.69, 9.17) is 0 Å². The van der Waals surface area contributed by atoms with E-state index in [2.05, 4.69) is 22.4 Å². The van der Waals surface area contributed by atoms with Crippen LogP contribution in [-0.2, 0) is 4.79 Å². The highest BCUT2D eigenvalue weighted by Gasteiger charge is 2.04. The van der Waals surface area contributed by atoms with E-state index in [1.54, 1.807) is 4.90 Å². The zero-order chi connectivity index (χ0) is 14.0. The molecule has 1 aromatic heterocycles. The number of nitrogens with one attached hydrogen (secondary N) is 1. The van der Waals surface area contributed by atoms with Crippen molar-refractivity contribution in [2.75, 3.05) is 26.2 Å². The second-order valence-electron chi connectivity index (χ2n) is 4.47. The molecule has 1 aliphatic heterocycles. The maximum absolute atomic E-state index is 10.1. The molecule has 4 nitrogen and oxygen atoms in total. The number of aromatic nitrogens is 1. The average Bonchev–Trinajstić information content (AvgIpc) is 2.58. The number of benzene rings is 1. The van der Waals surface area contributed by atoms with Gasteiger partial charge in [-0.1, -0.05) is 36.4 Å². The Balaban J connectivity index is 0.000000160. The van der Waals surface area contributed by atoms with Crippen molar-refractivity contribution >= 4 is 6.41 Å². The second-order valence-corrected chi connectivity index (χ2v) is 4.47. The van der Waals surface area contributed by atoms with Gasteiger partial charge in [-0.3, -0.25) is 9.78 Å². The molecule has 20 heavy (non-hydrogen) atoms. The molecule has 1 fully saturated rings. The van der Waals surface area contributed by atoms with Gasteiger partial charge in [-0.05, 0) is 12.1 Å². The van der Waals surface area contributed by atoms with Crippen LogP contribution in [-0.4, -0.2) is 42.5 Å². The molecule has 0 spiro atoms. The summed E-state index contributed by atoms with van der Waals surface area (Å²) >= 11 is 0. The van der Waals surface area contributed by atoms with E-state index in [1.165, 1.54) is 0 Å². The van der Waals surface area contributed by atoms with Crippen molar-refractivity contribution in [1.82, 2.24) is 15.2 Å². The van der Waals surface area contributed by atoms with Crippen LogP contribution in [0.2, 0.25) is 0 Å². The largest absolute Gasteiger partial charge is 0.343 e. The molecule has 1 amide bonds. The first kappa shape index (κ1) is 14.2. The first-order chi connectivity index (χ1) is 9.90. The molecule has 1 aliphatic rings. The Morgan fingerprint density at radius 1 is 1.00 bits per heavy atom. The summed E-state index contributed by atoms with van der Waals surface area (Å²) in [6.45, 7) is 3.62. The summed E-state index contributed by atoms with van der Waals surface area (Å²) < 4.78 is 0. The first-order valence-corrected chi connectivity index (χ1v) is 6.76. The summed E-state index contributed by atoms with van der Waals surface area (Å²) in [7, 11) is 0. The van der Waals surface area contributed by atoms with Crippen LogP contribution in [0.15, 0.2) is 54.7 Å². The number of rotatable bonds is 2. The highest BCUT2D eigenvalue weighted by Crippen LogP contribution is 2.14. The van der Waals surface area contributed by atoms with Crippen molar-refractivity contribution in [3.8, 4) is 11.3 Å². The molecular formula is C16H19N3O. The zero-order valence-corrected chi connectivity index (χ0v) is 11.4. The lowest BCUT2D eigenvalue weighted by molar-refractivity contribution is -0.118. The van der Waals surface area contributed by atoms with Crippen LogP contribution < -0.4 is 5.32 Å². The Kier molecular flexibility index (Phi) is 5.73. The van der Waals surface area contributed by atoms with Crippen LogP contribution in [0.4, 0.5) is 0 Å². The summed E-state index contributed by atoms with van der Waals surface area (Å²) in [4.78, 5) is 16.1. The van der Waals surface area contributed by atoms with Crippen LogP contribution in [0.3, 0.4) is 0 Å². The SMILES string of the molecule is O=CN1CCNCC1.c1ccc(-c2ccccn2)cc1. The fourth-order valence-corrected chi connectivity index (χ4v) is 1.93. The minimum Gasteiger partial charge on any atom is -0.343 e. The normalized spacial score (nSPS) is 14.1. The van der Waals surface area contributed by atoms with Crippen molar-refractivity contribution in [1.29, 1.82) is 0 Å². The number of hydrogen-bond acceptors (Lipinski definition) is 3. The molecule has 4 heteroatoms. The molecule has 0 unspecified atom stereocenters. The van der Waals surface area contributed by atoms with Gasteiger partial charge in [0.2, 0.25) is 6.41 Å². The molecule has 2 heterocycles. The molecule has 1 saturated heterocycles. The highest BCUT2D eigenvalue weighted by molar-refractivity contribution is 5.58. The van der Waals surface area contributed by atoms with Crippen LogP contribution >= 0.6 is 0 Å². The van der Waals surface area contributed by atoms with E-state index >= 15 is 0 Å². The average molecular weight is 269 g/mol. The monoisotopic (exact) mass is 269 g/mol. The summed E-state index contributed by atoms with van der Waals surface area (Å²) in [6, 6.07) is 16.1. The third-order valence-corrected chi connectivity index (χ3v) is 3.04. The molecule has 0 radical (unpaired) electrons. The van der Waals surface area contributed by atoms with Gasteiger partial charge in [0.05, 0.1) is 5.69 Å². The Bertz CT molecular complexity index is 458. The van der Waals surface area contributed by atoms with E-state index in [9.17, 15) is 4.79 Å². The van der Waals surface area contributed by atoms with E-state index in [-0.39, 0.29) is 0 Å². The van der Waals surface area contributed by atoms with Crippen LogP contribution in [0.25, 0.3) is 11.3 Å². The van der Waals surface area contributed by atoms with Gasteiger partial charge in [0.15, 0.2) is 0 Å². The standard InChI is InChI=1S/C11H9N.C5H10N2O/c1-2-6-10(7-3-1)11-8-4-5-9-12-11;8-5-7-3-1-6-2-4-7/h1-9H;5-6H,1-4H2. The van der Waals surface area contributed by atoms with Crippen molar-refractivity contribution < 1.29 is 4.79 Å². The number of nitrogens with zero attached hydrogens (tertiary/aromatic N) is 2. The molecule has 2 aromatic rings. The molecular weight excluding hydrogens is 250 g/mol. The smallest absolute Gasteiger partial charge is 0.209 e. The van der Waals surface area contributed by atoms with Gasteiger partial charge in [0.25, 0.3) is 0 Å². The number of hydrogen-bond donors (Lipinski definition) is 1. The number of carbonyl (C=O) groups excluding carboxylic acids is 1. The minimum absolute atomic E-state index is 0.865. The lowest BCUT2D eigenvalue weighted by Gasteiger charge is -2.22. The summed E-state index contributed by atoms with van der Waals surface area (Å²) in [6.07, 6.45) is 2.71. The van der Waals surface area contributed by atoms with Gasteiger partial charge >= 0.3 is 0 Å². The molecule has 0 bridgehead atoms. The van der Waals surface area contributed by atoms with Crippen LogP contribution in [0.1, 0.15) is 0 Å². The predicted octanol–water partition coefficient (Wildman–Crippen LogP) is 1.80. The van der Waals surface area contributed by atoms with Gasteiger partial charge in [0, 0.05) is 37.9 Å². The number of amides is 1. The third kappa shape index (κ3) is 4.48. The maximum Gasteiger partial charge on any atom is 0.209 e. The number of piperazine rings is 1. The zero-order valence-electron chi connectivity index (χ0n) is 11.4. The van der Waals surface area contributed by atoms with E-state index in [0.717, 1.165) is 43.8 Å². The van der Waals surface area contributed by atoms with E-state index < -0.39 is 0 Å².